The van der Waals surface area contributed by atoms with Crippen LogP contribution >= 0.6 is 0 Å². The molecule has 0 heterocycles. The first kappa shape index (κ1) is 13.4. The van der Waals surface area contributed by atoms with Gasteiger partial charge in [-0.2, -0.15) is 0 Å². The number of carbonyl (C=O) groups excluding carboxylic acids is 3. The van der Waals surface area contributed by atoms with E-state index in [4.69, 9.17) is 0 Å². The van der Waals surface area contributed by atoms with E-state index >= 15 is 0 Å². The maximum Gasteiger partial charge on any atom is 0.325 e. The predicted octanol–water partition coefficient (Wildman–Crippen LogP) is -2.98. The Hall–Kier alpha value is -1.63. The predicted molar refractivity (Wildman–Crippen MR) is 50.4 cm³/mol. The van der Waals surface area contributed by atoms with Gasteiger partial charge in [0.15, 0.2) is 6.54 Å². The van der Waals surface area contributed by atoms with Gasteiger partial charge in [0, 0.05) is 0 Å². The molecule has 0 radical (unpaired) electrons. The zero-order valence-corrected chi connectivity index (χ0v) is 8.67. The summed E-state index contributed by atoms with van der Waals surface area (Å²) in [7, 11) is 0. The molecule has 0 fully saturated rings. The molecule has 0 aliphatic heterocycles. The number of rotatable bonds is 6. The van der Waals surface area contributed by atoms with Gasteiger partial charge in [0.1, 0.15) is 6.54 Å². The first-order valence-corrected chi connectivity index (χ1v) is 4.58. The lowest BCUT2D eigenvalue weighted by atomic mass is 10.5. The molecule has 7 heteroatoms. The lowest BCUT2D eigenvalue weighted by Gasteiger charge is -2.05. The van der Waals surface area contributed by atoms with E-state index < -0.39 is 11.9 Å². The van der Waals surface area contributed by atoms with Crippen LogP contribution in [0.4, 0.5) is 0 Å². The molecule has 0 saturated carbocycles. The second-order valence-electron chi connectivity index (χ2n) is 2.61. The summed E-state index contributed by atoms with van der Waals surface area (Å²) in [6.45, 7) is 1.67. The Labute approximate surface area is 87.3 Å². The standard InChI is InChI=1S/C8H15N3O4/c1-2-15-8(14)5-11-7(13)4-10-6(12)3-9/h2-5,9H2,1H3,(H,10,12)(H,11,13)/p+1. The van der Waals surface area contributed by atoms with Crippen molar-refractivity contribution in [1.29, 1.82) is 0 Å². The van der Waals surface area contributed by atoms with Crippen molar-refractivity contribution in [2.45, 2.75) is 6.92 Å². The van der Waals surface area contributed by atoms with Gasteiger partial charge >= 0.3 is 5.97 Å². The van der Waals surface area contributed by atoms with E-state index in [0.717, 1.165) is 0 Å². The first-order chi connectivity index (χ1) is 7.10. The van der Waals surface area contributed by atoms with Crippen molar-refractivity contribution in [3.05, 3.63) is 0 Å². The summed E-state index contributed by atoms with van der Waals surface area (Å²) in [6, 6.07) is 0. The van der Waals surface area contributed by atoms with Crippen molar-refractivity contribution >= 4 is 17.8 Å². The smallest absolute Gasteiger partial charge is 0.325 e. The van der Waals surface area contributed by atoms with Gasteiger partial charge in [-0.1, -0.05) is 0 Å². The Morgan fingerprint density at radius 1 is 1.13 bits per heavy atom. The zero-order chi connectivity index (χ0) is 11.7. The molecule has 0 aliphatic rings. The van der Waals surface area contributed by atoms with Gasteiger partial charge in [0.05, 0.1) is 13.2 Å². The number of carbonyl (C=O) groups is 3. The zero-order valence-electron chi connectivity index (χ0n) is 8.67. The van der Waals surface area contributed by atoms with Crippen molar-refractivity contribution in [1.82, 2.24) is 10.6 Å². The Morgan fingerprint density at radius 2 is 1.73 bits per heavy atom. The van der Waals surface area contributed by atoms with Crippen LogP contribution in [-0.2, 0) is 19.1 Å². The maximum atomic E-state index is 11.0. The Balaban J connectivity index is 3.57. The number of esters is 1. The second-order valence-corrected chi connectivity index (χ2v) is 2.61. The Morgan fingerprint density at radius 3 is 2.27 bits per heavy atom. The molecule has 0 aromatic heterocycles. The molecular weight excluding hydrogens is 202 g/mol. The van der Waals surface area contributed by atoms with Gasteiger partial charge in [-0.25, -0.2) is 0 Å². The Bertz CT molecular complexity index is 242. The Kier molecular flexibility index (Phi) is 6.90. The first-order valence-electron chi connectivity index (χ1n) is 4.58. The topological polar surface area (TPSA) is 112 Å². The highest BCUT2D eigenvalue weighted by atomic mass is 16.5. The molecule has 0 aromatic carbocycles. The fourth-order valence-electron chi connectivity index (χ4n) is 0.713. The van der Waals surface area contributed by atoms with Gasteiger partial charge in [0.25, 0.3) is 5.91 Å². The molecular formula is C8H16N3O4+. The van der Waals surface area contributed by atoms with E-state index in [2.05, 4.69) is 21.1 Å². The minimum atomic E-state index is -0.505. The SMILES string of the molecule is CCOC(=O)CNC(=O)CNC(=O)C[NH3+]. The van der Waals surface area contributed by atoms with Gasteiger partial charge in [-0.3, -0.25) is 14.4 Å². The average Bonchev–Trinajstić information content (AvgIpc) is 2.23. The van der Waals surface area contributed by atoms with Crippen molar-refractivity contribution < 1.29 is 24.9 Å². The van der Waals surface area contributed by atoms with Gasteiger partial charge in [-0.05, 0) is 6.92 Å². The van der Waals surface area contributed by atoms with E-state index in [9.17, 15) is 14.4 Å². The van der Waals surface area contributed by atoms with Gasteiger partial charge < -0.3 is 21.1 Å². The molecule has 0 rings (SSSR count). The summed E-state index contributed by atoms with van der Waals surface area (Å²) < 4.78 is 4.59. The third kappa shape index (κ3) is 7.44. The molecule has 0 spiro atoms. The third-order valence-electron chi connectivity index (χ3n) is 1.41. The van der Waals surface area contributed by atoms with Crippen molar-refractivity contribution in [2.75, 3.05) is 26.2 Å². The maximum absolute atomic E-state index is 11.0. The molecule has 5 N–H and O–H groups in total. The van der Waals surface area contributed by atoms with Crippen LogP contribution in [-0.4, -0.2) is 44.0 Å². The summed E-state index contributed by atoms with van der Waals surface area (Å²) in [5.41, 5.74) is 3.34. The summed E-state index contributed by atoms with van der Waals surface area (Å²) in [6.07, 6.45) is 0. The van der Waals surface area contributed by atoms with E-state index in [1.54, 1.807) is 6.92 Å². The summed E-state index contributed by atoms with van der Waals surface area (Å²) >= 11 is 0. The molecule has 0 aliphatic carbocycles. The summed E-state index contributed by atoms with van der Waals surface area (Å²) in [4.78, 5) is 32.5. The minimum absolute atomic E-state index is 0.0746. The van der Waals surface area contributed by atoms with Crippen LogP contribution in [0.3, 0.4) is 0 Å². The molecule has 0 aromatic rings. The van der Waals surface area contributed by atoms with Gasteiger partial charge in [-0.15, -0.1) is 0 Å². The number of nitrogens with one attached hydrogen (secondary N) is 2. The lowest BCUT2D eigenvalue weighted by molar-refractivity contribution is -0.355. The van der Waals surface area contributed by atoms with Crippen LogP contribution in [0, 0.1) is 0 Å². The number of hydrogen-bond donors (Lipinski definition) is 3. The van der Waals surface area contributed by atoms with Crippen LogP contribution in [0.1, 0.15) is 6.92 Å². The van der Waals surface area contributed by atoms with E-state index in [1.165, 1.54) is 0 Å². The lowest BCUT2D eigenvalue weighted by Crippen LogP contribution is -2.58. The molecule has 0 unspecified atom stereocenters. The highest BCUT2D eigenvalue weighted by Gasteiger charge is 2.07. The molecule has 0 bridgehead atoms. The van der Waals surface area contributed by atoms with E-state index in [-0.39, 0.29) is 32.1 Å². The minimum Gasteiger partial charge on any atom is -0.465 e. The molecule has 0 saturated heterocycles. The summed E-state index contributed by atoms with van der Waals surface area (Å²) in [5.74, 6) is -1.26. The van der Waals surface area contributed by atoms with Crippen LogP contribution in [0.5, 0.6) is 0 Å². The normalized spacial score (nSPS) is 9.20. The van der Waals surface area contributed by atoms with Crippen molar-refractivity contribution in [3.63, 3.8) is 0 Å². The highest BCUT2D eigenvalue weighted by molar-refractivity contribution is 5.87. The van der Waals surface area contributed by atoms with Crippen molar-refractivity contribution in [3.8, 4) is 0 Å². The molecule has 15 heavy (non-hydrogen) atoms. The number of hydrogen-bond acceptors (Lipinski definition) is 4. The molecule has 0 atom stereocenters. The number of quaternary nitrogens is 1. The fraction of sp³-hybridized carbons (Fsp3) is 0.625. The van der Waals surface area contributed by atoms with E-state index in [0.29, 0.717) is 0 Å². The largest absolute Gasteiger partial charge is 0.465 e. The summed E-state index contributed by atoms with van der Waals surface area (Å²) in [5, 5.41) is 4.62. The quantitative estimate of drug-likeness (QED) is 0.413. The molecule has 86 valence electrons. The van der Waals surface area contributed by atoms with Crippen LogP contribution < -0.4 is 16.4 Å². The van der Waals surface area contributed by atoms with E-state index in [1.807, 2.05) is 0 Å². The third-order valence-corrected chi connectivity index (χ3v) is 1.41. The van der Waals surface area contributed by atoms with Crippen LogP contribution in [0.2, 0.25) is 0 Å². The monoisotopic (exact) mass is 218 g/mol. The van der Waals surface area contributed by atoms with Crippen LogP contribution in [0.25, 0.3) is 0 Å². The highest BCUT2D eigenvalue weighted by Crippen LogP contribution is 1.75. The fourth-order valence-corrected chi connectivity index (χ4v) is 0.713. The molecule has 2 amide bonds. The van der Waals surface area contributed by atoms with Crippen LogP contribution in [0.15, 0.2) is 0 Å². The second kappa shape index (κ2) is 7.74. The average molecular weight is 218 g/mol. The molecule has 7 nitrogen and oxygen atoms in total. The van der Waals surface area contributed by atoms with Crippen molar-refractivity contribution in [2.24, 2.45) is 0 Å². The number of amides is 2. The number of ether oxygens (including phenoxy) is 1. The van der Waals surface area contributed by atoms with Gasteiger partial charge in [0.2, 0.25) is 5.91 Å².